The van der Waals surface area contributed by atoms with Gasteiger partial charge >= 0.3 is 0 Å². The second kappa shape index (κ2) is 6.37. The highest BCUT2D eigenvalue weighted by atomic mass is 127. The molecule has 0 atom stereocenters. The summed E-state index contributed by atoms with van der Waals surface area (Å²) in [7, 11) is 4.26. The van der Waals surface area contributed by atoms with Gasteiger partial charge in [0.05, 0.1) is 20.7 Å². The van der Waals surface area contributed by atoms with E-state index in [0.717, 1.165) is 17.6 Å². The predicted octanol–water partition coefficient (Wildman–Crippen LogP) is -1.74. The van der Waals surface area contributed by atoms with Crippen molar-refractivity contribution in [2.24, 2.45) is 0 Å². The maximum atomic E-state index is 8.86. The lowest BCUT2D eigenvalue weighted by Crippen LogP contribution is -3.00. The van der Waals surface area contributed by atoms with E-state index in [1.165, 1.54) is 5.56 Å². The number of rotatable bonds is 4. The van der Waals surface area contributed by atoms with Gasteiger partial charge in [-0.3, -0.25) is 0 Å². The third kappa shape index (κ3) is 4.93. The SMILES string of the molecule is C[N+](C)(CCO)Cc1ccccc1.[I-]. The lowest BCUT2D eigenvalue weighted by atomic mass is 10.2. The van der Waals surface area contributed by atoms with Gasteiger partial charge in [0.1, 0.15) is 13.1 Å². The maximum absolute atomic E-state index is 8.86. The highest BCUT2D eigenvalue weighted by Gasteiger charge is 2.13. The molecular weight excluding hydrogens is 289 g/mol. The van der Waals surface area contributed by atoms with Crippen LogP contribution in [0.5, 0.6) is 0 Å². The summed E-state index contributed by atoms with van der Waals surface area (Å²) in [6.07, 6.45) is 0. The number of hydrogen-bond acceptors (Lipinski definition) is 1. The average Bonchev–Trinajstić information content (AvgIpc) is 2.04. The number of quaternary nitrogens is 1. The minimum atomic E-state index is 0. The van der Waals surface area contributed by atoms with Crippen LogP contribution in [0, 0.1) is 0 Å². The topological polar surface area (TPSA) is 20.2 Å². The van der Waals surface area contributed by atoms with Gasteiger partial charge in [-0.15, -0.1) is 0 Å². The van der Waals surface area contributed by atoms with Crippen LogP contribution in [0.4, 0.5) is 0 Å². The van der Waals surface area contributed by atoms with Crippen molar-refractivity contribution >= 4 is 0 Å². The second-order valence-corrected chi connectivity index (χ2v) is 4.03. The first-order valence-electron chi connectivity index (χ1n) is 4.61. The summed E-state index contributed by atoms with van der Waals surface area (Å²) in [4.78, 5) is 0. The summed E-state index contributed by atoms with van der Waals surface area (Å²) in [6.45, 7) is 2.02. The van der Waals surface area contributed by atoms with Crippen LogP contribution in [0.2, 0.25) is 0 Å². The standard InChI is InChI=1S/C11H18NO.HI/c1-12(2,8-9-13)10-11-6-4-3-5-7-11;/h3-7,13H,8-10H2,1-2H3;1H/q+1;/p-1. The van der Waals surface area contributed by atoms with E-state index in [4.69, 9.17) is 5.11 Å². The van der Waals surface area contributed by atoms with Gasteiger partial charge in [0.25, 0.3) is 0 Å². The summed E-state index contributed by atoms with van der Waals surface area (Å²) in [5.74, 6) is 0. The third-order valence-corrected chi connectivity index (χ3v) is 2.16. The van der Waals surface area contributed by atoms with E-state index in [2.05, 4.69) is 26.2 Å². The van der Waals surface area contributed by atoms with Crippen LogP contribution in [0.3, 0.4) is 0 Å². The van der Waals surface area contributed by atoms with Crippen LogP contribution in [-0.4, -0.2) is 36.8 Å². The van der Waals surface area contributed by atoms with E-state index in [1.54, 1.807) is 0 Å². The number of nitrogens with zero attached hydrogens (tertiary/aromatic N) is 1. The molecule has 1 N–H and O–H groups in total. The minimum Gasteiger partial charge on any atom is -1.00 e. The Morgan fingerprint density at radius 2 is 1.71 bits per heavy atom. The molecule has 0 aliphatic heterocycles. The van der Waals surface area contributed by atoms with Crippen molar-refractivity contribution in [2.75, 3.05) is 27.2 Å². The molecule has 0 unspecified atom stereocenters. The quantitative estimate of drug-likeness (QED) is 0.517. The summed E-state index contributed by atoms with van der Waals surface area (Å²) < 4.78 is 0.834. The fourth-order valence-corrected chi connectivity index (χ4v) is 1.43. The first kappa shape index (κ1) is 13.9. The first-order chi connectivity index (χ1) is 6.14. The Balaban J connectivity index is 0.00000169. The minimum absolute atomic E-state index is 0. The lowest BCUT2D eigenvalue weighted by Gasteiger charge is -2.28. The third-order valence-electron chi connectivity index (χ3n) is 2.16. The fourth-order valence-electron chi connectivity index (χ4n) is 1.43. The van der Waals surface area contributed by atoms with E-state index >= 15 is 0 Å². The number of benzene rings is 1. The zero-order chi connectivity index (χ0) is 9.73. The Morgan fingerprint density at radius 3 is 2.21 bits per heavy atom. The molecule has 0 aromatic heterocycles. The van der Waals surface area contributed by atoms with Crippen molar-refractivity contribution in [2.45, 2.75) is 6.54 Å². The van der Waals surface area contributed by atoms with Gasteiger partial charge in [-0.05, 0) is 0 Å². The Morgan fingerprint density at radius 1 is 1.14 bits per heavy atom. The van der Waals surface area contributed by atoms with Crippen LogP contribution in [-0.2, 0) is 6.54 Å². The molecule has 0 spiro atoms. The van der Waals surface area contributed by atoms with Crippen LogP contribution in [0.25, 0.3) is 0 Å². The molecule has 1 rings (SSSR count). The fraction of sp³-hybridized carbons (Fsp3) is 0.455. The average molecular weight is 307 g/mol. The van der Waals surface area contributed by atoms with Crippen molar-refractivity contribution < 1.29 is 33.6 Å². The van der Waals surface area contributed by atoms with Gasteiger partial charge in [-0.2, -0.15) is 0 Å². The molecular formula is C11H18INO. The molecule has 1 aromatic rings. The predicted molar refractivity (Wildman–Crippen MR) is 54.2 cm³/mol. The molecule has 80 valence electrons. The van der Waals surface area contributed by atoms with Crippen molar-refractivity contribution in [3.05, 3.63) is 35.9 Å². The van der Waals surface area contributed by atoms with E-state index < -0.39 is 0 Å². The Labute approximate surface area is 103 Å². The van der Waals surface area contributed by atoms with Crippen LogP contribution >= 0.6 is 0 Å². The Bertz CT molecular complexity index is 249. The second-order valence-electron chi connectivity index (χ2n) is 4.03. The highest BCUT2D eigenvalue weighted by Crippen LogP contribution is 2.07. The van der Waals surface area contributed by atoms with Crippen molar-refractivity contribution in [1.82, 2.24) is 0 Å². The zero-order valence-corrected chi connectivity index (χ0v) is 10.9. The molecule has 0 aliphatic rings. The van der Waals surface area contributed by atoms with E-state index in [1.807, 2.05) is 18.2 Å². The molecule has 0 saturated heterocycles. The van der Waals surface area contributed by atoms with Crippen molar-refractivity contribution in [1.29, 1.82) is 0 Å². The van der Waals surface area contributed by atoms with E-state index in [0.29, 0.717) is 0 Å². The molecule has 0 saturated carbocycles. The summed E-state index contributed by atoms with van der Waals surface area (Å²) in [5.41, 5.74) is 1.32. The van der Waals surface area contributed by atoms with Gasteiger partial charge in [0.2, 0.25) is 0 Å². The van der Waals surface area contributed by atoms with Gasteiger partial charge in [-0.25, -0.2) is 0 Å². The number of aliphatic hydroxyl groups excluding tert-OH is 1. The largest absolute Gasteiger partial charge is 1.00 e. The van der Waals surface area contributed by atoms with E-state index in [9.17, 15) is 0 Å². The molecule has 0 amide bonds. The van der Waals surface area contributed by atoms with Crippen molar-refractivity contribution in [3.63, 3.8) is 0 Å². The zero-order valence-electron chi connectivity index (χ0n) is 8.78. The van der Waals surface area contributed by atoms with Gasteiger partial charge < -0.3 is 33.6 Å². The van der Waals surface area contributed by atoms with Crippen LogP contribution < -0.4 is 24.0 Å². The molecule has 0 radical (unpaired) electrons. The molecule has 3 heteroatoms. The monoisotopic (exact) mass is 307 g/mol. The molecule has 0 heterocycles. The number of hydrogen-bond donors (Lipinski definition) is 1. The summed E-state index contributed by atoms with van der Waals surface area (Å²) >= 11 is 0. The number of halogens is 1. The molecule has 0 aliphatic carbocycles. The van der Waals surface area contributed by atoms with Gasteiger partial charge in [0, 0.05) is 5.56 Å². The number of likely N-dealkylation sites (N-methyl/N-ethyl adjacent to an activating group) is 1. The van der Waals surface area contributed by atoms with Crippen LogP contribution in [0.15, 0.2) is 30.3 Å². The normalized spacial score (nSPS) is 10.8. The van der Waals surface area contributed by atoms with Crippen LogP contribution in [0.1, 0.15) is 5.56 Å². The molecule has 1 aromatic carbocycles. The molecule has 0 bridgehead atoms. The van der Waals surface area contributed by atoms with Gasteiger partial charge in [0.15, 0.2) is 0 Å². The summed E-state index contributed by atoms with van der Waals surface area (Å²) in [6, 6.07) is 10.4. The molecule has 2 nitrogen and oxygen atoms in total. The first-order valence-corrected chi connectivity index (χ1v) is 4.61. The van der Waals surface area contributed by atoms with E-state index in [-0.39, 0.29) is 30.6 Å². The Hall–Kier alpha value is -0.130. The maximum Gasteiger partial charge on any atom is 0.104 e. The van der Waals surface area contributed by atoms with Crippen molar-refractivity contribution in [3.8, 4) is 0 Å². The lowest BCUT2D eigenvalue weighted by molar-refractivity contribution is -0.903. The Kier molecular flexibility index (Phi) is 6.31. The smallest absolute Gasteiger partial charge is 0.104 e. The summed E-state index contributed by atoms with van der Waals surface area (Å²) in [5, 5.41) is 8.86. The van der Waals surface area contributed by atoms with Gasteiger partial charge in [-0.1, -0.05) is 30.3 Å². The molecule has 14 heavy (non-hydrogen) atoms. The highest BCUT2D eigenvalue weighted by molar-refractivity contribution is 5.13. The number of aliphatic hydroxyl groups is 1. The molecule has 0 fully saturated rings.